The van der Waals surface area contributed by atoms with Crippen molar-refractivity contribution in [3.05, 3.63) is 113 Å². The number of hydrogen-bond acceptors (Lipinski definition) is 2. The second kappa shape index (κ2) is 6.89. The average Bonchev–Trinajstić information content (AvgIpc) is 2.95. The maximum atomic E-state index is 12.9. The Morgan fingerprint density at radius 1 is 0.769 bits per heavy atom. The smallest absolute Gasteiger partial charge is 0.290 e. The van der Waals surface area contributed by atoms with Crippen LogP contribution in [0.25, 0.3) is 5.57 Å². The predicted octanol–water partition coefficient (Wildman–Crippen LogP) is 4.74. The normalized spacial score (nSPS) is 17.0. The summed E-state index contributed by atoms with van der Waals surface area (Å²) < 4.78 is 0. The number of carbonyl (C=O) groups excluding carboxylic acids is 1. The SMILES string of the molecule is O=C1C(O)=C(c2ccccc2)[C@H](c2ccccc2)N1Cc1ccccc1. The van der Waals surface area contributed by atoms with Crippen LogP contribution in [0.15, 0.2) is 96.8 Å². The lowest BCUT2D eigenvalue weighted by molar-refractivity contribution is -0.130. The summed E-state index contributed by atoms with van der Waals surface area (Å²) in [5.41, 5.74) is 3.55. The van der Waals surface area contributed by atoms with Crippen LogP contribution in [-0.4, -0.2) is 15.9 Å². The lowest BCUT2D eigenvalue weighted by Crippen LogP contribution is -2.29. The van der Waals surface area contributed by atoms with Crippen molar-refractivity contribution in [3.63, 3.8) is 0 Å². The number of aliphatic hydroxyl groups is 1. The first-order valence-electron chi connectivity index (χ1n) is 8.64. The van der Waals surface area contributed by atoms with Gasteiger partial charge in [0.1, 0.15) is 0 Å². The highest BCUT2D eigenvalue weighted by molar-refractivity contribution is 6.05. The monoisotopic (exact) mass is 341 g/mol. The Balaban J connectivity index is 1.81. The van der Waals surface area contributed by atoms with Crippen molar-refractivity contribution in [2.75, 3.05) is 0 Å². The van der Waals surface area contributed by atoms with Gasteiger partial charge in [-0.25, -0.2) is 0 Å². The van der Waals surface area contributed by atoms with Crippen LogP contribution in [0.2, 0.25) is 0 Å². The first kappa shape index (κ1) is 16.2. The molecule has 3 aromatic rings. The predicted molar refractivity (Wildman–Crippen MR) is 102 cm³/mol. The third-order valence-electron chi connectivity index (χ3n) is 4.70. The Labute approximate surface area is 152 Å². The quantitative estimate of drug-likeness (QED) is 0.744. The van der Waals surface area contributed by atoms with Crippen LogP contribution in [0.1, 0.15) is 22.7 Å². The van der Waals surface area contributed by atoms with Crippen LogP contribution in [0, 0.1) is 0 Å². The zero-order chi connectivity index (χ0) is 17.9. The molecule has 3 heteroatoms. The van der Waals surface area contributed by atoms with E-state index in [0.717, 1.165) is 16.7 Å². The van der Waals surface area contributed by atoms with E-state index >= 15 is 0 Å². The summed E-state index contributed by atoms with van der Waals surface area (Å²) in [5.74, 6) is -0.498. The molecule has 0 spiro atoms. The van der Waals surface area contributed by atoms with E-state index in [9.17, 15) is 9.90 Å². The highest BCUT2D eigenvalue weighted by Gasteiger charge is 2.40. The van der Waals surface area contributed by atoms with Gasteiger partial charge < -0.3 is 10.0 Å². The Kier molecular flexibility index (Phi) is 4.28. The van der Waals surface area contributed by atoms with Gasteiger partial charge in [-0.2, -0.15) is 0 Å². The van der Waals surface area contributed by atoms with Crippen molar-refractivity contribution in [2.45, 2.75) is 12.6 Å². The number of aliphatic hydroxyl groups excluding tert-OH is 1. The van der Waals surface area contributed by atoms with Gasteiger partial charge in [-0.1, -0.05) is 91.0 Å². The molecule has 3 aromatic carbocycles. The zero-order valence-electron chi connectivity index (χ0n) is 14.2. The number of rotatable bonds is 4. The van der Waals surface area contributed by atoms with Crippen molar-refractivity contribution in [1.82, 2.24) is 4.90 Å². The fraction of sp³-hybridized carbons (Fsp3) is 0.0870. The standard InChI is InChI=1S/C23H19NO2/c25-22-20(18-12-6-2-7-13-18)21(19-14-8-3-9-15-19)24(23(22)26)16-17-10-4-1-5-11-17/h1-15,21,25H,16H2/t21-/m0/s1. The molecule has 0 saturated carbocycles. The third kappa shape index (κ3) is 2.88. The van der Waals surface area contributed by atoms with Crippen molar-refractivity contribution in [2.24, 2.45) is 0 Å². The molecule has 26 heavy (non-hydrogen) atoms. The second-order valence-electron chi connectivity index (χ2n) is 6.36. The van der Waals surface area contributed by atoms with E-state index in [2.05, 4.69) is 0 Å². The minimum absolute atomic E-state index is 0.166. The molecule has 0 aromatic heterocycles. The minimum atomic E-state index is -0.332. The summed E-state index contributed by atoms with van der Waals surface area (Å²) in [5, 5.41) is 10.7. The van der Waals surface area contributed by atoms with E-state index in [-0.39, 0.29) is 17.7 Å². The summed E-state index contributed by atoms with van der Waals surface area (Å²) in [6, 6.07) is 29.0. The zero-order valence-corrected chi connectivity index (χ0v) is 14.2. The van der Waals surface area contributed by atoms with Gasteiger partial charge in [-0.3, -0.25) is 4.79 Å². The van der Waals surface area contributed by atoms with Crippen LogP contribution in [0.3, 0.4) is 0 Å². The molecule has 3 nitrogen and oxygen atoms in total. The summed E-state index contributed by atoms with van der Waals surface area (Å²) in [4.78, 5) is 14.6. The molecule has 128 valence electrons. The Bertz CT molecular complexity index is 934. The van der Waals surface area contributed by atoms with Crippen LogP contribution in [0.5, 0.6) is 0 Å². The molecule has 4 rings (SSSR count). The lowest BCUT2D eigenvalue weighted by atomic mass is 9.93. The molecule has 0 unspecified atom stereocenters. The molecular weight excluding hydrogens is 322 g/mol. The van der Waals surface area contributed by atoms with Gasteiger partial charge >= 0.3 is 0 Å². The van der Waals surface area contributed by atoms with Crippen molar-refractivity contribution < 1.29 is 9.90 Å². The molecule has 1 amide bonds. The van der Waals surface area contributed by atoms with E-state index in [4.69, 9.17) is 0 Å². The van der Waals surface area contributed by atoms with Gasteiger partial charge in [0.15, 0.2) is 5.76 Å². The number of benzene rings is 3. The lowest BCUT2D eigenvalue weighted by Gasteiger charge is -2.27. The Morgan fingerprint density at radius 3 is 1.92 bits per heavy atom. The largest absolute Gasteiger partial charge is 0.503 e. The van der Waals surface area contributed by atoms with E-state index in [0.29, 0.717) is 12.1 Å². The molecule has 0 bridgehead atoms. The molecule has 1 N–H and O–H groups in total. The molecule has 1 atom stereocenters. The Morgan fingerprint density at radius 2 is 1.31 bits per heavy atom. The highest BCUT2D eigenvalue weighted by atomic mass is 16.3. The number of carbonyl (C=O) groups is 1. The summed E-state index contributed by atoms with van der Waals surface area (Å²) >= 11 is 0. The van der Waals surface area contributed by atoms with E-state index in [1.165, 1.54) is 0 Å². The maximum absolute atomic E-state index is 12.9. The van der Waals surface area contributed by atoms with Gasteiger partial charge in [0.2, 0.25) is 0 Å². The van der Waals surface area contributed by atoms with E-state index < -0.39 is 0 Å². The fourth-order valence-electron chi connectivity index (χ4n) is 3.49. The minimum Gasteiger partial charge on any atom is -0.503 e. The van der Waals surface area contributed by atoms with Crippen LogP contribution < -0.4 is 0 Å². The number of amides is 1. The molecule has 0 aliphatic carbocycles. The first-order valence-corrected chi connectivity index (χ1v) is 8.64. The summed E-state index contributed by atoms with van der Waals surface area (Å²) in [6.07, 6.45) is 0. The average molecular weight is 341 g/mol. The molecule has 1 aliphatic heterocycles. The van der Waals surface area contributed by atoms with E-state index in [1.54, 1.807) is 4.90 Å². The molecule has 0 saturated heterocycles. The first-order chi connectivity index (χ1) is 12.8. The number of hydrogen-bond donors (Lipinski definition) is 1. The van der Waals surface area contributed by atoms with Crippen molar-refractivity contribution in [3.8, 4) is 0 Å². The molecule has 1 heterocycles. The van der Waals surface area contributed by atoms with Crippen LogP contribution in [0.4, 0.5) is 0 Å². The van der Waals surface area contributed by atoms with Crippen molar-refractivity contribution in [1.29, 1.82) is 0 Å². The van der Waals surface area contributed by atoms with Gasteiger partial charge in [-0.05, 0) is 16.7 Å². The fourth-order valence-corrected chi connectivity index (χ4v) is 3.49. The third-order valence-corrected chi connectivity index (χ3v) is 4.70. The van der Waals surface area contributed by atoms with E-state index in [1.807, 2.05) is 91.0 Å². The molecular formula is C23H19NO2. The van der Waals surface area contributed by atoms with Gasteiger partial charge in [-0.15, -0.1) is 0 Å². The molecule has 1 aliphatic rings. The topological polar surface area (TPSA) is 40.5 Å². The Hall–Kier alpha value is -3.33. The summed E-state index contributed by atoms with van der Waals surface area (Å²) in [7, 11) is 0. The van der Waals surface area contributed by atoms with Crippen LogP contribution in [-0.2, 0) is 11.3 Å². The number of nitrogens with zero attached hydrogens (tertiary/aromatic N) is 1. The maximum Gasteiger partial charge on any atom is 0.290 e. The molecule has 0 radical (unpaired) electrons. The summed E-state index contributed by atoms with van der Waals surface area (Å²) in [6.45, 7) is 0.444. The van der Waals surface area contributed by atoms with Gasteiger partial charge in [0.05, 0.1) is 6.04 Å². The second-order valence-corrected chi connectivity index (χ2v) is 6.36. The van der Waals surface area contributed by atoms with Gasteiger partial charge in [0.25, 0.3) is 5.91 Å². The van der Waals surface area contributed by atoms with Crippen molar-refractivity contribution >= 4 is 11.5 Å². The molecule has 0 fully saturated rings. The van der Waals surface area contributed by atoms with Crippen LogP contribution >= 0.6 is 0 Å². The van der Waals surface area contributed by atoms with Gasteiger partial charge in [0, 0.05) is 12.1 Å². The highest BCUT2D eigenvalue weighted by Crippen LogP contribution is 2.43.